The zero-order chi connectivity index (χ0) is 17.6. The van der Waals surface area contributed by atoms with Crippen LogP contribution in [0.2, 0.25) is 0 Å². The maximum absolute atomic E-state index is 12.4. The number of carbonyl (C=O) groups excluding carboxylic acids is 1. The predicted molar refractivity (Wildman–Crippen MR) is 100 cm³/mol. The molecule has 1 aliphatic rings. The first kappa shape index (κ1) is 17.4. The Balaban J connectivity index is 1.62. The highest BCUT2D eigenvalue weighted by Crippen LogP contribution is 2.21. The minimum absolute atomic E-state index is 0.141. The Bertz CT molecular complexity index is 692. The fourth-order valence-corrected chi connectivity index (χ4v) is 2.83. The van der Waals surface area contributed by atoms with Crippen molar-refractivity contribution in [3.63, 3.8) is 0 Å². The highest BCUT2D eigenvalue weighted by atomic mass is 16.5. The lowest BCUT2D eigenvalue weighted by Gasteiger charge is -2.27. The van der Waals surface area contributed by atoms with E-state index >= 15 is 0 Å². The zero-order valence-corrected chi connectivity index (χ0v) is 14.9. The quantitative estimate of drug-likeness (QED) is 0.903. The lowest BCUT2D eigenvalue weighted by Crippen LogP contribution is -2.36. The number of nitrogens with one attached hydrogen (secondary N) is 1. The molecule has 1 saturated heterocycles. The van der Waals surface area contributed by atoms with Gasteiger partial charge in [-0.3, -0.25) is 4.79 Å². The molecule has 0 spiro atoms. The van der Waals surface area contributed by atoms with Crippen LogP contribution < -0.4 is 10.2 Å². The number of morpholine rings is 1. The SMILES string of the molecule is CC[C@@H](C)c1ccc(NC(=O)c2ccc(N3CCOCC3)nc2)cc1. The molecule has 132 valence electrons. The van der Waals surface area contributed by atoms with Gasteiger partial charge >= 0.3 is 0 Å². The van der Waals surface area contributed by atoms with Gasteiger partial charge in [0.05, 0.1) is 18.8 Å². The second-order valence-electron chi connectivity index (χ2n) is 6.39. The molecule has 0 aliphatic carbocycles. The summed E-state index contributed by atoms with van der Waals surface area (Å²) in [6.45, 7) is 7.48. The van der Waals surface area contributed by atoms with Crippen molar-refractivity contribution in [1.82, 2.24) is 4.98 Å². The van der Waals surface area contributed by atoms with Crippen LogP contribution in [0.1, 0.15) is 42.1 Å². The van der Waals surface area contributed by atoms with Crippen LogP contribution in [0.3, 0.4) is 0 Å². The van der Waals surface area contributed by atoms with Crippen LogP contribution >= 0.6 is 0 Å². The molecule has 2 aromatic rings. The average Bonchev–Trinajstić information content (AvgIpc) is 2.68. The monoisotopic (exact) mass is 339 g/mol. The third-order valence-electron chi connectivity index (χ3n) is 4.70. The normalized spacial score (nSPS) is 15.7. The van der Waals surface area contributed by atoms with Gasteiger partial charge in [-0.05, 0) is 42.2 Å². The standard InChI is InChI=1S/C20H25N3O2/c1-3-15(2)16-4-7-18(8-5-16)22-20(24)17-6-9-19(21-14-17)23-10-12-25-13-11-23/h4-9,14-15H,3,10-13H2,1-2H3,(H,22,24)/t15-/m1/s1. The Morgan fingerprint density at radius 1 is 1.20 bits per heavy atom. The fraction of sp³-hybridized carbons (Fsp3) is 0.400. The molecule has 1 fully saturated rings. The highest BCUT2D eigenvalue weighted by Gasteiger charge is 2.13. The van der Waals surface area contributed by atoms with Gasteiger partial charge in [-0.25, -0.2) is 4.98 Å². The van der Waals surface area contributed by atoms with E-state index < -0.39 is 0 Å². The number of carbonyl (C=O) groups is 1. The van der Waals surface area contributed by atoms with Crippen LogP contribution in [0.25, 0.3) is 0 Å². The van der Waals surface area contributed by atoms with Crippen LogP contribution in [0.15, 0.2) is 42.6 Å². The molecule has 3 rings (SSSR count). The largest absolute Gasteiger partial charge is 0.378 e. The van der Waals surface area contributed by atoms with Gasteiger partial charge in [0.1, 0.15) is 5.82 Å². The van der Waals surface area contributed by atoms with Crippen molar-refractivity contribution in [2.24, 2.45) is 0 Å². The van der Waals surface area contributed by atoms with Crippen molar-refractivity contribution in [3.05, 3.63) is 53.7 Å². The van der Waals surface area contributed by atoms with E-state index in [1.807, 2.05) is 24.3 Å². The summed E-state index contributed by atoms with van der Waals surface area (Å²) in [6, 6.07) is 11.8. The summed E-state index contributed by atoms with van der Waals surface area (Å²) < 4.78 is 5.35. The van der Waals surface area contributed by atoms with E-state index in [-0.39, 0.29) is 5.91 Å². The summed E-state index contributed by atoms with van der Waals surface area (Å²) in [7, 11) is 0. The van der Waals surface area contributed by atoms with E-state index in [1.54, 1.807) is 6.20 Å². The summed E-state index contributed by atoms with van der Waals surface area (Å²) in [4.78, 5) is 19.0. The summed E-state index contributed by atoms with van der Waals surface area (Å²) in [5.74, 6) is 1.27. The van der Waals surface area contributed by atoms with Gasteiger partial charge in [-0.2, -0.15) is 0 Å². The van der Waals surface area contributed by atoms with Gasteiger partial charge in [0.2, 0.25) is 0 Å². The Morgan fingerprint density at radius 2 is 1.92 bits per heavy atom. The number of anilines is 2. The molecule has 1 aromatic heterocycles. The van der Waals surface area contributed by atoms with E-state index in [4.69, 9.17) is 4.74 Å². The maximum atomic E-state index is 12.4. The molecule has 5 heteroatoms. The van der Waals surface area contributed by atoms with Crippen LogP contribution in [-0.4, -0.2) is 37.2 Å². The number of ether oxygens (including phenoxy) is 1. The van der Waals surface area contributed by atoms with Gasteiger partial charge in [0, 0.05) is 25.0 Å². The number of aromatic nitrogens is 1. The first-order chi connectivity index (χ1) is 12.2. The third-order valence-corrected chi connectivity index (χ3v) is 4.70. The number of nitrogens with zero attached hydrogens (tertiary/aromatic N) is 2. The molecule has 1 aliphatic heterocycles. The van der Waals surface area contributed by atoms with Crippen molar-refractivity contribution in [3.8, 4) is 0 Å². The summed E-state index contributed by atoms with van der Waals surface area (Å²) in [6.07, 6.45) is 2.74. The Hall–Kier alpha value is -2.40. The Kier molecular flexibility index (Phi) is 5.66. The predicted octanol–water partition coefficient (Wildman–Crippen LogP) is 3.68. The first-order valence-electron chi connectivity index (χ1n) is 8.87. The van der Waals surface area contributed by atoms with Gasteiger partial charge in [0.15, 0.2) is 0 Å². The molecule has 0 unspecified atom stereocenters. The van der Waals surface area contributed by atoms with Crippen molar-refractivity contribution in [2.75, 3.05) is 36.5 Å². The number of amides is 1. The van der Waals surface area contributed by atoms with Crippen molar-refractivity contribution >= 4 is 17.4 Å². The summed E-state index contributed by atoms with van der Waals surface area (Å²) in [5.41, 5.74) is 2.65. The van der Waals surface area contributed by atoms with Crippen molar-refractivity contribution < 1.29 is 9.53 Å². The molecule has 0 radical (unpaired) electrons. The second-order valence-corrected chi connectivity index (χ2v) is 6.39. The van der Waals surface area contributed by atoms with Crippen molar-refractivity contribution in [1.29, 1.82) is 0 Å². The molecule has 1 atom stereocenters. The molecule has 1 aromatic carbocycles. The number of hydrogen-bond acceptors (Lipinski definition) is 4. The van der Waals surface area contributed by atoms with Gasteiger partial charge in [-0.15, -0.1) is 0 Å². The third kappa shape index (κ3) is 4.37. The fourth-order valence-electron chi connectivity index (χ4n) is 2.83. The van der Waals surface area contributed by atoms with E-state index in [9.17, 15) is 4.79 Å². The van der Waals surface area contributed by atoms with Gasteiger partial charge < -0.3 is 15.0 Å². The highest BCUT2D eigenvalue weighted by molar-refractivity contribution is 6.04. The lowest BCUT2D eigenvalue weighted by molar-refractivity contribution is 0.102. The Labute approximate surface area is 149 Å². The summed E-state index contributed by atoms with van der Waals surface area (Å²) in [5, 5.41) is 2.93. The zero-order valence-electron chi connectivity index (χ0n) is 14.9. The molecule has 1 N–H and O–H groups in total. The Morgan fingerprint density at radius 3 is 2.52 bits per heavy atom. The van der Waals surface area contributed by atoms with E-state index in [2.05, 4.69) is 41.2 Å². The second kappa shape index (κ2) is 8.12. The van der Waals surface area contributed by atoms with Crippen LogP contribution in [0, 0.1) is 0 Å². The number of rotatable bonds is 5. The molecular formula is C20H25N3O2. The van der Waals surface area contributed by atoms with Crippen LogP contribution in [0.5, 0.6) is 0 Å². The lowest BCUT2D eigenvalue weighted by atomic mass is 9.98. The number of hydrogen-bond donors (Lipinski definition) is 1. The molecular weight excluding hydrogens is 314 g/mol. The minimum atomic E-state index is -0.141. The first-order valence-corrected chi connectivity index (χ1v) is 8.87. The minimum Gasteiger partial charge on any atom is -0.378 e. The molecule has 0 bridgehead atoms. The molecule has 1 amide bonds. The van der Waals surface area contributed by atoms with Gasteiger partial charge in [-0.1, -0.05) is 26.0 Å². The average molecular weight is 339 g/mol. The van der Waals surface area contributed by atoms with E-state index in [0.717, 1.165) is 44.2 Å². The van der Waals surface area contributed by atoms with Gasteiger partial charge in [0.25, 0.3) is 5.91 Å². The topological polar surface area (TPSA) is 54.5 Å². The molecule has 25 heavy (non-hydrogen) atoms. The van der Waals surface area contributed by atoms with Crippen LogP contribution in [-0.2, 0) is 4.74 Å². The number of pyridine rings is 1. The maximum Gasteiger partial charge on any atom is 0.257 e. The van der Waals surface area contributed by atoms with E-state index in [0.29, 0.717) is 11.5 Å². The van der Waals surface area contributed by atoms with E-state index in [1.165, 1.54) is 5.56 Å². The summed E-state index contributed by atoms with van der Waals surface area (Å²) >= 11 is 0. The number of benzene rings is 1. The molecule has 5 nitrogen and oxygen atoms in total. The smallest absolute Gasteiger partial charge is 0.257 e. The van der Waals surface area contributed by atoms with Crippen LogP contribution in [0.4, 0.5) is 11.5 Å². The molecule has 0 saturated carbocycles. The van der Waals surface area contributed by atoms with Crippen molar-refractivity contribution in [2.45, 2.75) is 26.2 Å². The molecule has 2 heterocycles.